The normalized spacial score (nSPS) is 12.1. The van der Waals surface area contributed by atoms with Gasteiger partial charge in [-0.3, -0.25) is 0 Å². The Balaban J connectivity index is 5.94. The van der Waals surface area contributed by atoms with Crippen LogP contribution in [0, 0.1) is 0 Å². The minimum Gasteiger partial charge on any atom is -0.461 e. The van der Waals surface area contributed by atoms with Crippen LogP contribution in [0.15, 0.2) is 11.4 Å². The fourth-order valence-corrected chi connectivity index (χ4v) is 1.05. The van der Waals surface area contributed by atoms with E-state index >= 15 is 0 Å². The monoisotopic (exact) mass is 298 g/mol. The molecule has 0 aliphatic rings. The van der Waals surface area contributed by atoms with Gasteiger partial charge in [0.05, 0.1) is 13.2 Å². The van der Waals surface area contributed by atoms with Crippen LogP contribution in [0.4, 0.5) is 17.6 Å². The number of alkyl halides is 3. The van der Waals surface area contributed by atoms with E-state index in [1.54, 1.807) is 0 Å². The van der Waals surface area contributed by atoms with E-state index in [1.165, 1.54) is 13.8 Å². The number of esters is 2. The molecule has 0 aliphatic heterocycles. The highest BCUT2D eigenvalue weighted by Crippen LogP contribution is 2.30. The zero-order valence-electron chi connectivity index (χ0n) is 10.5. The van der Waals surface area contributed by atoms with Crippen molar-refractivity contribution in [2.75, 3.05) is 13.2 Å². The third-order valence-electron chi connectivity index (χ3n) is 1.76. The Hall–Kier alpha value is -2.22. The zero-order chi connectivity index (χ0) is 15.9. The molecular formula is C10H10F4N2O4. The molecule has 0 spiro atoms. The fraction of sp³-hybridized carbons (Fsp3) is 0.500. The lowest BCUT2D eigenvalue weighted by molar-refractivity contribution is -0.143. The summed E-state index contributed by atoms with van der Waals surface area (Å²) in [5, 5.41) is 0. The van der Waals surface area contributed by atoms with Gasteiger partial charge in [0.1, 0.15) is 0 Å². The van der Waals surface area contributed by atoms with Gasteiger partial charge >= 0.3 is 23.8 Å². The van der Waals surface area contributed by atoms with Crippen molar-refractivity contribution in [1.82, 2.24) is 0 Å². The number of hydrogen-bond acceptors (Lipinski definition) is 4. The van der Waals surface area contributed by atoms with Gasteiger partial charge in [-0.2, -0.15) is 22.4 Å². The van der Waals surface area contributed by atoms with Gasteiger partial charge in [-0.15, -0.1) is 0 Å². The van der Waals surface area contributed by atoms with E-state index in [4.69, 9.17) is 5.53 Å². The lowest BCUT2D eigenvalue weighted by Crippen LogP contribution is -2.31. The lowest BCUT2D eigenvalue weighted by atomic mass is 10.1. The Morgan fingerprint density at radius 1 is 1.10 bits per heavy atom. The van der Waals surface area contributed by atoms with Crippen LogP contribution in [0.2, 0.25) is 0 Å². The third-order valence-corrected chi connectivity index (χ3v) is 1.76. The van der Waals surface area contributed by atoms with Gasteiger partial charge in [-0.1, -0.05) is 0 Å². The van der Waals surface area contributed by atoms with E-state index in [0.717, 1.165) is 0 Å². The fourth-order valence-electron chi connectivity index (χ4n) is 1.05. The van der Waals surface area contributed by atoms with Crippen molar-refractivity contribution in [2.24, 2.45) is 0 Å². The quantitative estimate of drug-likeness (QED) is 0.192. The van der Waals surface area contributed by atoms with Crippen LogP contribution in [0.5, 0.6) is 0 Å². The maximum atomic E-state index is 13.5. The van der Waals surface area contributed by atoms with Crippen LogP contribution < -0.4 is 0 Å². The molecule has 0 atom stereocenters. The Labute approximate surface area is 110 Å². The van der Waals surface area contributed by atoms with Crippen molar-refractivity contribution in [3.63, 3.8) is 0 Å². The first-order valence-corrected chi connectivity index (χ1v) is 5.24. The van der Waals surface area contributed by atoms with Crippen LogP contribution in [-0.2, 0) is 19.1 Å². The molecule has 0 aliphatic carbocycles. The van der Waals surface area contributed by atoms with Crippen LogP contribution in [0.3, 0.4) is 0 Å². The van der Waals surface area contributed by atoms with Crippen LogP contribution in [0.1, 0.15) is 13.8 Å². The Kier molecular flexibility index (Phi) is 6.57. The van der Waals surface area contributed by atoms with E-state index in [9.17, 15) is 27.2 Å². The molecular weight excluding hydrogens is 288 g/mol. The predicted molar refractivity (Wildman–Crippen MR) is 56.1 cm³/mol. The first-order chi connectivity index (χ1) is 9.20. The molecule has 0 rings (SSSR count). The van der Waals surface area contributed by atoms with Gasteiger partial charge in [-0.25, -0.2) is 9.59 Å². The molecule has 0 amide bonds. The summed E-state index contributed by atoms with van der Waals surface area (Å²) in [4.78, 5) is 24.2. The Morgan fingerprint density at radius 3 is 1.90 bits per heavy atom. The number of rotatable bonds is 5. The maximum absolute atomic E-state index is 13.5. The summed E-state index contributed by atoms with van der Waals surface area (Å²) in [5.74, 6) is -6.08. The number of halogens is 4. The predicted octanol–water partition coefficient (Wildman–Crippen LogP) is 1.57. The van der Waals surface area contributed by atoms with E-state index in [0.29, 0.717) is 0 Å². The van der Waals surface area contributed by atoms with Crippen molar-refractivity contribution in [1.29, 1.82) is 0 Å². The summed E-state index contributed by atoms with van der Waals surface area (Å²) in [5.41, 5.74) is 4.31. The molecule has 0 unspecified atom stereocenters. The molecule has 0 aromatic heterocycles. The average Bonchev–Trinajstić information content (AvgIpc) is 2.33. The molecule has 0 heterocycles. The summed E-state index contributed by atoms with van der Waals surface area (Å²) >= 11 is 0. The van der Waals surface area contributed by atoms with Crippen LogP contribution in [-0.4, -0.2) is 41.8 Å². The van der Waals surface area contributed by atoms with Gasteiger partial charge < -0.3 is 15.0 Å². The van der Waals surface area contributed by atoms with Crippen molar-refractivity contribution in [3.05, 3.63) is 16.9 Å². The molecule has 112 valence electrons. The number of hydrogen-bond donors (Lipinski definition) is 0. The maximum Gasteiger partial charge on any atom is 0.427 e. The van der Waals surface area contributed by atoms with E-state index in [1.807, 2.05) is 0 Å². The molecule has 6 nitrogen and oxygen atoms in total. The van der Waals surface area contributed by atoms with Crippen LogP contribution in [0.25, 0.3) is 5.53 Å². The third kappa shape index (κ3) is 4.47. The van der Waals surface area contributed by atoms with E-state index in [2.05, 4.69) is 14.3 Å². The van der Waals surface area contributed by atoms with Crippen LogP contribution >= 0.6 is 0 Å². The molecule has 0 aromatic rings. The minimum absolute atomic E-state index is 0.343. The summed E-state index contributed by atoms with van der Waals surface area (Å²) in [7, 11) is 0. The highest BCUT2D eigenvalue weighted by molar-refractivity contribution is 6.41. The van der Waals surface area contributed by atoms with Crippen molar-refractivity contribution in [3.8, 4) is 0 Å². The van der Waals surface area contributed by atoms with E-state index in [-0.39, 0.29) is 13.2 Å². The first-order valence-electron chi connectivity index (χ1n) is 5.24. The van der Waals surface area contributed by atoms with Gasteiger partial charge in [-0.05, 0) is 13.8 Å². The second kappa shape index (κ2) is 7.39. The Bertz CT molecular complexity index is 478. The summed E-state index contributed by atoms with van der Waals surface area (Å²) < 4.78 is 59.8. The molecule has 10 heteroatoms. The number of carbonyl (C=O) groups is 2. The molecule has 0 fully saturated rings. The second-order valence-corrected chi connectivity index (χ2v) is 3.08. The highest BCUT2D eigenvalue weighted by Gasteiger charge is 2.50. The minimum atomic E-state index is -5.47. The standard InChI is InChI=1S/C10H10F4N2O4/c1-3-19-8(17)6(11)5(10(12,13)14)7(16-15)9(18)20-4-2/h3-4H2,1-2H3/b6-5+. The lowest BCUT2D eigenvalue weighted by Gasteiger charge is -2.08. The van der Waals surface area contributed by atoms with Crippen molar-refractivity contribution < 1.29 is 41.4 Å². The summed E-state index contributed by atoms with van der Waals surface area (Å²) in [6.45, 7) is 1.78. The van der Waals surface area contributed by atoms with E-state index < -0.39 is 35.2 Å². The highest BCUT2D eigenvalue weighted by atomic mass is 19.4. The molecule has 0 radical (unpaired) electrons. The molecule has 0 saturated heterocycles. The number of carbonyl (C=O) groups excluding carboxylic acids is 2. The molecule has 0 aromatic carbocycles. The number of ether oxygens (including phenoxy) is 2. The molecule has 0 saturated carbocycles. The zero-order valence-corrected chi connectivity index (χ0v) is 10.5. The number of nitrogens with zero attached hydrogens (tertiary/aromatic N) is 2. The molecule has 0 N–H and O–H groups in total. The average molecular weight is 298 g/mol. The Morgan fingerprint density at radius 2 is 1.55 bits per heavy atom. The molecule has 0 bridgehead atoms. The summed E-state index contributed by atoms with van der Waals surface area (Å²) in [6.07, 6.45) is -5.47. The van der Waals surface area contributed by atoms with Crippen molar-refractivity contribution in [2.45, 2.75) is 20.0 Å². The van der Waals surface area contributed by atoms with Crippen molar-refractivity contribution >= 4 is 17.7 Å². The van der Waals surface area contributed by atoms with Gasteiger partial charge in [0.25, 0.3) is 0 Å². The van der Waals surface area contributed by atoms with Gasteiger partial charge in [0, 0.05) is 0 Å². The topological polar surface area (TPSA) is 89.0 Å². The van der Waals surface area contributed by atoms with Gasteiger partial charge in [0.2, 0.25) is 5.83 Å². The smallest absolute Gasteiger partial charge is 0.427 e. The summed E-state index contributed by atoms with van der Waals surface area (Å²) in [6, 6.07) is 0. The second-order valence-electron chi connectivity index (χ2n) is 3.08. The first kappa shape index (κ1) is 17.8. The SMILES string of the molecule is CCOC(=O)C(=[N+]=[N-])/C(=C(\F)C(=O)OCC)C(F)(F)F. The molecule has 20 heavy (non-hydrogen) atoms. The largest absolute Gasteiger partial charge is 0.461 e. The van der Waals surface area contributed by atoms with Gasteiger partial charge in [0.15, 0.2) is 5.57 Å².